The smallest absolute Gasteiger partial charge is 0.172 e. The second-order valence-corrected chi connectivity index (χ2v) is 10.3. The van der Waals surface area contributed by atoms with E-state index in [0.29, 0.717) is 0 Å². The quantitative estimate of drug-likeness (QED) is 0.365. The SMILES string of the molecule is O=P(c1ccccc1)(c1ccccc1)c1cccc2c1sc1ccccc12. The van der Waals surface area contributed by atoms with Gasteiger partial charge in [0.05, 0.1) is 0 Å². The van der Waals surface area contributed by atoms with E-state index in [1.165, 1.54) is 15.5 Å². The Balaban J connectivity index is 1.90. The Morgan fingerprint density at radius 1 is 0.556 bits per heavy atom. The van der Waals surface area contributed by atoms with E-state index in [9.17, 15) is 4.57 Å². The van der Waals surface area contributed by atoms with Crippen LogP contribution in [0.2, 0.25) is 0 Å². The molecule has 5 rings (SSSR count). The molecule has 0 saturated carbocycles. The lowest BCUT2D eigenvalue weighted by Crippen LogP contribution is -2.25. The second kappa shape index (κ2) is 6.49. The van der Waals surface area contributed by atoms with Crippen LogP contribution in [0, 0.1) is 0 Å². The number of benzene rings is 4. The number of hydrogen-bond acceptors (Lipinski definition) is 2. The first-order chi connectivity index (χ1) is 13.3. The maximum Gasteiger partial charge on any atom is 0.172 e. The summed E-state index contributed by atoms with van der Waals surface area (Å²) in [7, 11) is -2.97. The number of thiophene rings is 1. The van der Waals surface area contributed by atoms with Gasteiger partial charge in [0.1, 0.15) is 0 Å². The van der Waals surface area contributed by atoms with E-state index < -0.39 is 7.14 Å². The molecule has 0 amide bonds. The maximum atomic E-state index is 14.7. The molecule has 27 heavy (non-hydrogen) atoms. The third kappa shape index (κ3) is 2.56. The van der Waals surface area contributed by atoms with Crippen LogP contribution in [0.4, 0.5) is 0 Å². The lowest BCUT2D eigenvalue weighted by Gasteiger charge is -2.20. The van der Waals surface area contributed by atoms with Crippen molar-refractivity contribution in [1.82, 2.24) is 0 Å². The fraction of sp³-hybridized carbons (Fsp3) is 0. The van der Waals surface area contributed by atoms with Crippen molar-refractivity contribution in [2.24, 2.45) is 0 Å². The van der Waals surface area contributed by atoms with Crippen LogP contribution in [0.3, 0.4) is 0 Å². The molecule has 0 aliphatic rings. The van der Waals surface area contributed by atoms with Crippen molar-refractivity contribution in [2.75, 3.05) is 0 Å². The Labute approximate surface area is 162 Å². The summed E-state index contributed by atoms with van der Waals surface area (Å²) in [6, 6.07) is 34.4. The van der Waals surface area contributed by atoms with E-state index in [-0.39, 0.29) is 0 Å². The molecule has 0 atom stereocenters. The summed E-state index contributed by atoms with van der Waals surface area (Å²) in [6.07, 6.45) is 0. The third-order valence-corrected chi connectivity index (χ3v) is 9.44. The van der Waals surface area contributed by atoms with E-state index in [0.717, 1.165) is 20.6 Å². The predicted octanol–water partition coefficient (Wildman–Crippen LogP) is 5.69. The normalized spacial score (nSPS) is 11.9. The highest BCUT2D eigenvalue weighted by Gasteiger charge is 2.31. The van der Waals surface area contributed by atoms with Gasteiger partial charge in [-0.2, -0.15) is 0 Å². The Kier molecular flexibility index (Phi) is 3.97. The first-order valence-corrected chi connectivity index (χ1v) is 11.4. The minimum atomic E-state index is -2.97. The van der Waals surface area contributed by atoms with Gasteiger partial charge in [0, 0.05) is 36.1 Å². The van der Waals surface area contributed by atoms with Gasteiger partial charge in [-0.3, -0.25) is 0 Å². The average molecular weight is 384 g/mol. The van der Waals surface area contributed by atoms with Gasteiger partial charge >= 0.3 is 0 Å². The lowest BCUT2D eigenvalue weighted by molar-refractivity contribution is 0.592. The Morgan fingerprint density at radius 2 is 1.11 bits per heavy atom. The summed E-state index contributed by atoms with van der Waals surface area (Å²) in [5.41, 5.74) is 0. The van der Waals surface area contributed by atoms with E-state index in [1.54, 1.807) is 11.3 Å². The van der Waals surface area contributed by atoms with Crippen molar-refractivity contribution in [3.05, 3.63) is 103 Å². The van der Waals surface area contributed by atoms with Gasteiger partial charge in [-0.25, -0.2) is 0 Å². The van der Waals surface area contributed by atoms with Crippen molar-refractivity contribution >= 4 is 54.6 Å². The van der Waals surface area contributed by atoms with E-state index in [1.807, 2.05) is 72.8 Å². The molecule has 0 unspecified atom stereocenters. The van der Waals surface area contributed by atoms with E-state index in [2.05, 4.69) is 30.3 Å². The zero-order chi connectivity index (χ0) is 18.3. The van der Waals surface area contributed by atoms with E-state index >= 15 is 0 Å². The molecule has 0 spiro atoms. The molecule has 0 aliphatic carbocycles. The second-order valence-electron chi connectivity index (χ2n) is 6.53. The van der Waals surface area contributed by atoms with E-state index in [4.69, 9.17) is 0 Å². The van der Waals surface area contributed by atoms with Gasteiger partial charge < -0.3 is 4.57 Å². The van der Waals surface area contributed by atoms with Crippen LogP contribution in [0.25, 0.3) is 20.2 Å². The van der Waals surface area contributed by atoms with Crippen molar-refractivity contribution in [1.29, 1.82) is 0 Å². The summed E-state index contributed by atoms with van der Waals surface area (Å²) in [5, 5.41) is 5.09. The van der Waals surface area contributed by atoms with Crippen molar-refractivity contribution in [3.8, 4) is 0 Å². The van der Waals surface area contributed by atoms with Crippen LogP contribution in [-0.2, 0) is 4.57 Å². The molecule has 4 aromatic carbocycles. The molecule has 5 aromatic rings. The number of hydrogen-bond donors (Lipinski definition) is 0. The molecular formula is C24H17OPS. The van der Waals surface area contributed by atoms with Crippen LogP contribution < -0.4 is 15.9 Å². The molecule has 1 aromatic heterocycles. The minimum absolute atomic E-state index is 0.876. The van der Waals surface area contributed by atoms with Gasteiger partial charge in [-0.15, -0.1) is 11.3 Å². The van der Waals surface area contributed by atoms with Gasteiger partial charge in [0.15, 0.2) is 7.14 Å². The van der Waals surface area contributed by atoms with Crippen LogP contribution in [0.15, 0.2) is 103 Å². The minimum Gasteiger partial charge on any atom is -0.309 e. The fourth-order valence-electron chi connectivity index (χ4n) is 3.68. The van der Waals surface area contributed by atoms with Gasteiger partial charge in [0.25, 0.3) is 0 Å². The molecule has 0 aliphatic heterocycles. The van der Waals surface area contributed by atoms with Crippen LogP contribution in [0.5, 0.6) is 0 Å². The lowest BCUT2D eigenvalue weighted by atomic mass is 10.1. The molecule has 0 fully saturated rings. The first-order valence-electron chi connectivity index (χ1n) is 8.90. The molecule has 130 valence electrons. The summed E-state index contributed by atoms with van der Waals surface area (Å²) >= 11 is 1.73. The predicted molar refractivity (Wildman–Crippen MR) is 119 cm³/mol. The average Bonchev–Trinajstić information content (AvgIpc) is 3.13. The van der Waals surface area contributed by atoms with Crippen molar-refractivity contribution in [2.45, 2.75) is 0 Å². The fourth-order valence-corrected chi connectivity index (χ4v) is 8.06. The molecule has 1 nitrogen and oxygen atoms in total. The summed E-state index contributed by atoms with van der Waals surface area (Å²) in [5.74, 6) is 0. The van der Waals surface area contributed by atoms with Crippen LogP contribution >= 0.6 is 18.5 Å². The van der Waals surface area contributed by atoms with Gasteiger partial charge in [-0.05, 0) is 12.1 Å². The molecular weight excluding hydrogens is 367 g/mol. The Hall–Kier alpha value is -2.67. The summed E-state index contributed by atoms with van der Waals surface area (Å²) in [4.78, 5) is 0. The zero-order valence-corrected chi connectivity index (χ0v) is 16.3. The molecule has 0 saturated heterocycles. The largest absolute Gasteiger partial charge is 0.309 e. The summed E-state index contributed by atoms with van der Waals surface area (Å²) < 4.78 is 17.1. The number of rotatable bonds is 3. The molecule has 3 heteroatoms. The molecule has 0 radical (unpaired) electrons. The van der Waals surface area contributed by atoms with Crippen LogP contribution in [-0.4, -0.2) is 0 Å². The van der Waals surface area contributed by atoms with Gasteiger partial charge in [-0.1, -0.05) is 91.0 Å². The summed E-state index contributed by atoms with van der Waals surface area (Å²) in [6.45, 7) is 0. The highest BCUT2D eigenvalue weighted by Crippen LogP contribution is 2.46. The maximum absolute atomic E-state index is 14.7. The third-order valence-electron chi connectivity index (χ3n) is 4.96. The first kappa shape index (κ1) is 16.5. The highest BCUT2D eigenvalue weighted by atomic mass is 32.1. The molecule has 0 bridgehead atoms. The monoisotopic (exact) mass is 384 g/mol. The van der Waals surface area contributed by atoms with Crippen molar-refractivity contribution in [3.63, 3.8) is 0 Å². The Morgan fingerprint density at radius 3 is 1.78 bits per heavy atom. The Bertz CT molecular complexity index is 1250. The van der Waals surface area contributed by atoms with Crippen LogP contribution in [0.1, 0.15) is 0 Å². The van der Waals surface area contributed by atoms with Crippen molar-refractivity contribution < 1.29 is 4.57 Å². The molecule has 1 heterocycles. The molecule has 0 N–H and O–H groups in total. The highest BCUT2D eigenvalue weighted by molar-refractivity contribution is 7.86. The zero-order valence-electron chi connectivity index (χ0n) is 14.6. The number of fused-ring (bicyclic) bond motifs is 3. The van der Waals surface area contributed by atoms with Gasteiger partial charge in [0.2, 0.25) is 0 Å². The topological polar surface area (TPSA) is 17.1 Å². The standard InChI is InChI=1S/C24H17OPS/c25-26(18-10-3-1-4-11-18,19-12-5-2-6-13-19)22-16-9-15-21-20-14-7-8-17-23(20)27-24(21)22/h1-17H.